The molecule has 1 aromatic carbocycles. The molecule has 0 amide bonds. The summed E-state index contributed by atoms with van der Waals surface area (Å²) in [6, 6.07) is 8.46. The molecule has 0 saturated heterocycles. The van der Waals surface area contributed by atoms with Gasteiger partial charge in [0.05, 0.1) is 22.7 Å². The molecule has 98 valence electrons. The number of nitriles is 1. The molecule has 3 aromatic rings. The van der Waals surface area contributed by atoms with Crippen LogP contribution in [-0.4, -0.2) is 25.7 Å². The predicted octanol–water partition coefficient (Wildman–Crippen LogP) is 2.36. The number of carboxylic acid groups (broad SMARTS) is 1. The lowest BCUT2D eigenvalue weighted by atomic mass is 10.2. The van der Waals surface area contributed by atoms with Crippen molar-refractivity contribution in [2.45, 2.75) is 0 Å². The Morgan fingerprint density at radius 2 is 2.20 bits per heavy atom. The van der Waals surface area contributed by atoms with E-state index in [0.717, 1.165) is 16.9 Å². The molecule has 2 aromatic heterocycles. The molecule has 0 spiro atoms. The van der Waals surface area contributed by atoms with Crippen LogP contribution in [0.3, 0.4) is 0 Å². The van der Waals surface area contributed by atoms with E-state index in [1.807, 2.05) is 6.07 Å². The van der Waals surface area contributed by atoms with Crippen LogP contribution in [-0.2, 0) is 0 Å². The molecular formula is C13H7N3O3S. The van der Waals surface area contributed by atoms with Crippen LogP contribution in [0.1, 0.15) is 15.2 Å². The first kappa shape index (κ1) is 12.2. The smallest absolute Gasteiger partial charge is 0.349 e. The van der Waals surface area contributed by atoms with Gasteiger partial charge in [-0.3, -0.25) is 4.57 Å². The monoisotopic (exact) mass is 285 g/mol. The topological polar surface area (TPSA) is 99.1 Å². The van der Waals surface area contributed by atoms with Gasteiger partial charge in [0, 0.05) is 6.07 Å². The molecule has 2 heterocycles. The van der Waals surface area contributed by atoms with Gasteiger partial charge >= 0.3 is 5.97 Å². The number of hydrogen-bond donors (Lipinski definition) is 2. The van der Waals surface area contributed by atoms with E-state index in [1.54, 1.807) is 22.8 Å². The molecule has 2 N–H and O–H groups in total. The van der Waals surface area contributed by atoms with Gasteiger partial charge in [0.2, 0.25) is 0 Å². The Kier molecular flexibility index (Phi) is 2.66. The highest BCUT2D eigenvalue weighted by atomic mass is 32.1. The Hall–Kier alpha value is -2.85. The Morgan fingerprint density at radius 1 is 1.40 bits per heavy atom. The first-order valence-electron chi connectivity index (χ1n) is 5.54. The first-order chi connectivity index (χ1) is 9.60. The van der Waals surface area contributed by atoms with E-state index in [-0.39, 0.29) is 10.6 Å². The minimum atomic E-state index is -1.17. The fourth-order valence-electron chi connectivity index (χ4n) is 1.90. The molecule has 0 radical (unpaired) electrons. The maximum atomic E-state index is 10.9. The highest BCUT2D eigenvalue weighted by molar-refractivity contribution is 7.16. The number of fused-ring (bicyclic) bond motifs is 1. The van der Waals surface area contributed by atoms with E-state index in [1.165, 1.54) is 12.4 Å². The van der Waals surface area contributed by atoms with Gasteiger partial charge in [0.1, 0.15) is 17.1 Å². The number of thiophene rings is 1. The SMILES string of the molecule is N#Cc1ccc2c(c1)ncn2-c1cc(O)c(C(=O)O)s1. The molecular weight excluding hydrogens is 278 g/mol. The summed E-state index contributed by atoms with van der Waals surface area (Å²) in [5, 5.41) is 27.9. The Labute approximate surface area is 116 Å². The second kappa shape index (κ2) is 4.36. The van der Waals surface area contributed by atoms with Crippen LogP contribution < -0.4 is 0 Å². The maximum Gasteiger partial charge on any atom is 0.349 e. The second-order valence-corrected chi connectivity index (χ2v) is 5.06. The van der Waals surface area contributed by atoms with Crippen molar-refractivity contribution in [3.8, 4) is 16.8 Å². The summed E-state index contributed by atoms with van der Waals surface area (Å²) in [5.41, 5.74) is 1.87. The molecule has 3 rings (SSSR count). The number of aromatic nitrogens is 2. The van der Waals surface area contributed by atoms with Gasteiger partial charge < -0.3 is 10.2 Å². The number of hydrogen-bond acceptors (Lipinski definition) is 5. The van der Waals surface area contributed by atoms with Crippen LogP contribution in [0.25, 0.3) is 16.0 Å². The standard InChI is InChI=1S/C13H7N3O3S/c14-5-7-1-2-9-8(3-7)15-6-16(9)11-4-10(17)12(20-11)13(18)19/h1-4,6,17H,(H,18,19). The van der Waals surface area contributed by atoms with Gasteiger partial charge in [-0.1, -0.05) is 0 Å². The van der Waals surface area contributed by atoms with Gasteiger partial charge in [0.15, 0.2) is 4.88 Å². The van der Waals surface area contributed by atoms with Crippen molar-refractivity contribution < 1.29 is 15.0 Å². The number of aromatic carboxylic acids is 1. The molecule has 6 nitrogen and oxygen atoms in total. The summed E-state index contributed by atoms with van der Waals surface area (Å²) < 4.78 is 1.67. The Balaban J connectivity index is 2.18. The van der Waals surface area contributed by atoms with Gasteiger partial charge in [-0.2, -0.15) is 5.26 Å². The van der Waals surface area contributed by atoms with Crippen molar-refractivity contribution in [3.05, 3.63) is 41.0 Å². The molecule has 0 aliphatic heterocycles. The second-order valence-electron chi connectivity index (χ2n) is 4.03. The van der Waals surface area contributed by atoms with Crippen molar-refractivity contribution in [2.75, 3.05) is 0 Å². The van der Waals surface area contributed by atoms with Gasteiger partial charge in [-0.05, 0) is 18.2 Å². The highest BCUT2D eigenvalue weighted by Gasteiger charge is 2.16. The molecule has 0 aliphatic rings. The van der Waals surface area contributed by atoms with Crippen LogP contribution in [0, 0.1) is 11.3 Å². The summed E-state index contributed by atoms with van der Waals surface area (Å²) in [4.78, 5) is 15.0. The van der Waals surface area contributed by atoms with Crippen LogP contribution in [0.2, 0.25) is 0 Å². The van der Waals surface area contributed by atoms with Crippen LogP contribution in [0.4, 0.5) is 0 Å². The Bertz CT molecular complexity index is 873. The first-order valence-corrected chi connectivity index (χ1v) is 6.35. The Morgan fingerprint density at radius 3 is 2.85 bits per heavy atom. The lowest BCUT2D eigenvalue weighted by molar-refractivity contribution is 0.0699. The zero-order chi connectivity index (χ0) is 14.3. The number of carboxylic acids is 1. The van der Waals surface area contributed by atoms with Crippen molar-refractivity contribution in [3.63, 3.8) is 0 Å². The van der Waals surface area contributed by atoms with E-state index in [9.17, 15) is 9.90 Å². The van der Waals surface area contributed by atoms with E-state index in [0.29, 0.717) is 16.1 Å². The van der Waals surface area contributed by atoms with Crippen LogP contribution >= 0.6 is 11.3 Å². The van der Waals surface area contributed by atoms with E-state index < -0.39 is 5.97 Å². The molecule has 0 fully saturated rings. The largest absolute Gasteiger partial charge is 0.506 e. The molecule has 0 bridgehead atoms. The molecule has 0 atom stereocenters. The third-order valence-corrected chi connectivity index (χ3v) is 3.92. The number of nitrogens with zero attached hydrogens (tertiary/aromatic N) is 3. The third kappa shape index (κ3) is 1.79. The number of benzene rings is 1. The predicted molar refractivity (Wildman–Crippen MR) is 72.3 cm³/mol. The minimum absolute atomic E-state index is 0.115. The number of rotatable bonds is 2. The quantitative estimate of drug-likeness (QED) is 0.753. The van der Waals surface area contributed by atoms with Crippen LogP contribution in [0.15, 0.2) is 30.6 Å². The average molecular weight is 285 g/mol. The zero-order valence-electron chi connectivity index (χ0n) is 9.94. The number of aromatic hydroxyl groups is 1. The lowest BCUT2D eigenvalue weighted by Gasteiger charge is -1.99. The van der Waals surface area contributed by atoms with Gasteiger partial charge in [0.25, 0.3) is 0 Å². The van der Waals surface area contributed by atoms with E-state index in [4.69, 9.17) is 10.4 Å². The normalized spacial score (nSPS) is 10.6. The van der Waals surface area contributed by atoms with Gasteiger partial charge in [-0.25, -0.2) is 9.78 Å². The molecule has 0 unspecified atom stereocenters. The molecule has 7 heteroatoms. The highest BCUT2D eigenvalue weighted by Crippen LogP contribution is 2.32. The van der Waals surface area contributed by atoms with Crippen molar-refractivity contribution in [1.82, 2.24) is 9.55 Å². The lowest BCUT2D eigenvalue weighted by Crippen LogP contribution is -1.91. The zero-order valence-corrected chi connectivity index (χ0v) is 10.8. The molecule has 0 saturated carbocycles. The fourth-order valence-corrected chi connectivity index (χ4v) is 2.77. The van der Waals surface area contributed by atoms with Crippen LogP contribution in [0.5, 0.6) is 5.75 Å². The summed E-state index contributed by atoms with van der Waals surface area (Å²) in [5.74, 6) is -1.44. The molecule has 0 aliphatic carbocycles. The summed E-state index contributed by atoms with van der Waals surface area (Å²) >= 11 is 0.959. The number of imidazole rings is 1. The van der Waals surface area contributed by atoms with Crippen molar-refractivity contribution in [1.29, 1.82) is 5.26 Å². The van der Waals surface area contributed by atoms with E-state index >= 15 is 0 Å². The average Bonchev–Trinajstić information content (AvgIpc) is 3.01. The summed E-state index contributed by atoms with van der Waals surface area (Å²) in [7, 11) is 0. The minimum Gasteiger partial charge on any atom is -0.506 e. The number of carbonyl (C=O) groups is 1. The fraction of sp³-hybridized carbons (Fsp3) is 0. The summed E-state index contributed by atoms with van der Waals surface area (Å²) in [6.07, 6.45) is 1.53. The molecule has 20 heavy (non-hydrogen) atoms. The van der Waals surface area contributed by atoms with Gasteiger partial charge in [-0.15, -0.1) is 11.3 Å². The van der Waals surface area contributed by atoms with Crippen molar-refractivity contribution >= 4 is 28.3 Å². The maximum absolute atomic E-state index is 10.9. The van der Waals surface area contributed by atoms with E-state index in [2.05, 4.69) is 4.98 Å². The van der Waals surface area contributed by atoms with Crippen molar-refractivity contribution in [2.24, 2.45) is 0 Å². The third-order valence-electron chi connectivity index (χ3n) is 2.81. The summed E-state index contributed by atoms with van der Waals surface area (Å²) in [6.45, 7) is 0.